The average Bonchev–Trinajstić information content (AvgIpc) is 2.47. The van der Waals surface area contributed by atoms with E-state index in [1.165, 1.54) is 19.3 Å². The molecule has 1 rings (SSSR count). The van der Waals surface area contributed by atoms with Crippen LogP contribution in [-0.2, 0) is 4.79 Å². The van der Waals surface area contributed by atoms with Gasteiger partial charge in [-0.05, 0) is 31.0 Å². The van der Waals surface area contributed by atoms with Crippen LogP contribution in [0.1, 0.15) is 58.4 Å². The van der Waals surface area contributed by atoms with Crippen molar-refractivity contribution in [3.63, 3.8) is 0 Å². The fourth-order valence-electron chi connectivity index (χ4n) is 2.44. The maximum Gasteiger partial charge on any atom is 0.226 e. The van der Waals surface area contributed by atoms with Crippen LogP contribution in [0, 0.1) is 0 Å². The summed E-state index contributed by atoms with van der Waals surface area (Å²) in [7, 11) is 0. The van der Waals surface area contributed by atoms with Crippen molar-refractivity contribution >= 4 is 17.7 Å². The van der Waals surface area contributed by atoms with Gasteiger partial charge in [0.1, 0.15) is 0 Å². The third kappa shape index (κ3) is 4.52. The third-order valence-corrected chi connectivity index (χ3v) is 3.62. The van der Waals surface area contributed by atoms with Crippen LogP contribution < -0.4 is 4.90 Å². The topological polar surface area (TPSA) is 20.3 Å². The first-order chi connectivity index (χ1) is 9.63. The van der Waals surface area contributed by atoms with E-state index in [4.69, 9.17) is 0 Å². The molecule has 1 amide bonds. The van der Waals surface area contributed by atoms with Gasteiger partial charge in [0.05, 0.1) is 0 Å². The van der Waals surface area contributed by atoms with E-state index in [-0.39, 0.29) is 11.9 Å². The van der Waals surface area contributed by atoms with Gasteiger partial charge in [-0.15, -0.1) is 0 Å². The van der Waals surface area contributed by atoms with Gasteiger partial charge in [0.15, 0.2) is 0 Å². The Morgan fingerprint density at radius 2 is 2.10 bits per heavy atom. The second-order valence-corrected chi connectivity index (χ2v) is 5.26. The van der Waals surface area contributed by atoms with Crippen molar-refractivity contribution in [2.75, 3.05) is 4.90 Å². The molecule has 0 saturated heterocycles. The highest BCUT2D eigenvalue weighted by Gasteiger charge is 2.20. The van der Waals surface area contributed by atoms with Crippen LogP contribution >= 0.6 is 0 Å². The van der Waals surface area contributed by atoms with Gasteiger partial charge in [-0.2, -0.15) is 0 Å². The van der Waals surface area contributed by atoms with Gasteiger partial charge in [0.25, 0.3) is 0 Å². The normalized spacial score (nSPS) is 11.9. The SMILES string of the molecule is C=Cc1cccc(N(C(=O)CC)C(C)CCCCC)c1. The van der Waals surface area contributed by atoms with Gasteiger partial charge in [0.2, 0.25) is 5.91 Å². The molecular weight excluding hydrogens is 246 g/mol. The maximum absolute atomic E-state index is 12.3. The van der Waals surface area contributed by atoms with Crippen molar-refractivity contribution in [3.05, 3.63) is 36.4 Å². The molecule has 1 aromatic rings. The lowest BCUT2D eigenvalue weighted by molar-refractivity contribution is -0.118. The Morgan fingerprint density at radius 3 is 2.70 bits per heavy atom. The van der Waals surface area contributed by atoms with E-state index >= 15 is 0 Å². The Morgan fingerprint density at radius 1 is 1.35 bits per heavy atom. The van der Waals surface area contributed by atoms with Crippen LogP contribution in [0.5, 0.6) is 0 Å². The highest BCUT2D eigenvalue weighted by atomic mass is 16.2. The molecule has 0 fully saturated rings. The van der Waals surface area contributed by atoms with Crippen LogP contribution in [0.25, 0.3) is 6.08 Å². The molecule has 0 aromatic heterocycles. The van der Waals surface area contributed by atoms with Crippen molar-refractivity contribution in [3.8, 4) is 0 Å². The monoisotopic (exact) mass is 273 g/mol. The summed E-state index contributed by atoms with van der Waals surface area (Å²) in [6.07, 6.45) is 7.02. The number of amides is 1. The Bertz CT molecular complexity index is 439. The Labute approximate surface area is 123 Å². The fraction of sp³-hybridized carbons (Fsp3) is 0.500. The molecule has 20 heavy (non-hydrogen) atoms. The van der Waals surface area contributed by atoms with Gasteiger partial charge < -0.3 is 4.90 Å². The summed E-state index contributed by atoms with van der Waals surface area (Å²) in [5, 5.41) is 0. The zero-order valence-electron chi connectivity index (χ0n) is 13.1. The van der Waals surface area contributed by atoms with Gasteiger partial charge in [0, 0.05) is 18.2 Å². The van der Waals surface area contributed by atoms with Gasteiger partial charge in [-0.1, -0.05) is 57.9 Å². The quantitative estimate of drug-likeness (QED) is 0.607. The van der Waals surface area contributed by atoms with Crippen LogP contribution in [0.15, 0.2) is 30.8 Å². The molecule has 1 aromatic carbocycles. The van der Waals surface area contributed by atoms with Crippen LogP contribution in [0.2, 0.25) is 0 Å². The molecule has 0 radical (unpaired) electrons. The minimum Gasteiger partial charge on any atom is -0.310 e. The summed E-state index contributed by atoms with van der Waals surface area (Å²) >= 11 is 0. The van der Waals surface area contributed by atoms with Crippen molar-refractivity contribution in [1.82, 2.24) is 0 Å². The molecule has 1 unspecified atom stereocenters. The average molecular weight is 273 g/mol. The molecule has 2 nitrogen and oxygen atoms in total. The Balaban J connectivity index is 2.92. The van der Waals surface area contributed by atoms with Crippen molar-refractivity contribution < 1.29 is 4.79 Å². The van der Waals surface area contributed by atoms with E-state index in [9.17, 15) is 4.79 Å². The Kier molecular flexibility index (Phi) is 7.06. The second-order valence-electron chi connectivity index (χ2n) is 5.26. The molecule has 0 bridgehead atoms. The zero-order valence-corrected chi connectivity index (χ0v) is 13.1. The fourth-order valence-corrected chi connectivity index (χ4v) is 2.44. The number of carbonyl (C=O) groups excluding carboxylic acids is 1. The Hall–Kier alpha value is -1.57. The van der Waals surface area contributed by atoms with Crippen molar-refractivity contribution in [2.24, 2.45) is 0 Å². The maximum atomic E-state index is 12.3. The first-order valence-corrected chi connectivity index (χ1v) is 7.68. The van der Waals surface area contributed by atoms with Crippen LogP contribution in [0.4, 0.5) is 5.69 Å². The summed E-state index contributed by atoms with van der Waals surface area (Å²) in [5.41, 5.74) is 2.04. The first-order valence-electron chi connectivity index (χ1n) is 7.68. The lowest BCUT2D eigenvalue weighted by atomic mass is 10.1. The predicted molar refractivity (Wildman–Crippen MR) is 87.9 cm³/mol. The highest BCUT2D eigenvalue weighted by molar-refractivity contribution is 5.94. The number of anilines is 1. The minimum absolute atomic E-state index is 0.190. The van der Waals surface area contributed by atoms with Gasteiger partial charge in [-0.3, -0.25) is 4.79 Å². The van der Waals surface area contributed by atoms with Crippen molar-refractivity contribution in [2.45, 2.75) is 58.9 Å². The largest absolute Gasteiger partial charge is 0.310 e. The molecule has 0 heterocycles. The smallest absolute Gasteiger partial charge is 0.226 e. The van der Waals surface area contributed by atoms with Gasteiger partial charge >= 0.3 is 0 Å². The van der Waals surface area contributed by atoms with Crippen molar-refractivity contribution in [1.29, 1.82) is 0 Å². The molecule has 0 aliphatic carbocycles. The summed E-state index contributed by atoms with van der Waals surface area (Å²) in [6.45, 7) is 10.1. The van der Waals surface area contributed by atoms with E-state index in [2.05, 4.69) is 20.4 Å². The second kappa shape index (κ2) is 8.57. The van der Waals surface area contributed by atoms with E-state index in [0.29, 0.717) is 6.42 Å². The first kappa shape index (κ1) is 16.5. The molecule has 0 saturated carbocycles. The molecule has 0 spiro atoms. The zero-order chi connectivity index (χ0) is 15.0. The number of hydrogen-bond donors (Lipinski definition) is 0. The minimum atomic E-state index is 0.190. The molecule has 2 heteroatoms. The van der Waals surface area contributed by atoms with Crippen LogP contribution in [0.3, 0.4) is 0 Å². The molecule has 1 atom stereocenters. The number of carbonyl (C=O) groups is 1. The van der Waals surface area contributed by atoms with E-state index in [1.54, 1.807) is 0 Å². The molecule has 0 aliphatic heterocycles. The van der Waals surface area contributed by atoms with E-state index in [0.717, 1.165) is 17.7 Å². The summed E-state index contributed by atoms with van der Waals surface area (Å²) in [5.74, 6) is 0.190. The number of benzene rings is 1. The summed E-state index contributed by atoms with van der Waals surface area (Å²) in [6, 6.07) is 8.29. The lowest BCUT2D eigenvalue weighted by Crippen LogP contribution is -2.38. The highest BCUT2D eigenvalue weighted by Crippen LogP contribution is 2.23. The van der Waals surface area contributed by atoms with E-state index in [1.807, 2.05) is 42.2 Å². The summed E-state index contributed by atoms with van der Waals surface area (Å²) in [4.78, 5) is 14.2. The number of unbranched alkanes of at least 4 members (excludes halogenated alkanes) is 2. The lowest BCUT2D eigenvalue weighted by Gasteiger charge is -2.29. The summed E-state index contributed by atoms with van der Waals surface area (Å²) < 4.78 is 0. The molecular formula is C18H27NO. The molecule has 110 valence electrons. The van der Waals surface area contributed by atoms with Gasteiger partial charge in [-0.25, -0.2) is 0 Å². The predicted octanol–water partition coefficient (Wildman–Crippen LogP) is 5.04. The number of hydrogen-bond acceptors (Lipinski definition) is 1. The number of nitrogens with zero attached hydrogens (tertiary/aromatic N) is 1. The number of rotatable bonds is 8. The third-order valence-electron chi connectivity index (χ3n) is 3.62. The molecule has 0 N–H and O–H groups in total. The van der Waals surface area contributed by atoms with Crippen LogP contribution in [-0.4, -0.2) is 11.9 Å². The van der Waals surface area contributed by atoms with E-state index < -0.39 is 0 Å². The standard InChI is InChI=1S/C18H27NO/c1-5-8-9-11-15(4)19(18(20)7-3)17-13-10-12-16(6-2)14-17/h6,10,12-15H,2,5,7-9,11H2,1,3-4H3. The molecule has 0 aliphatic rings.